The van der Waals surface area contributed by atoms with Crippen molar-refractivity contribution >= 4 is 23.1 Å². The zero-order valence-corrected chi connectivity index (χ0v) is 12.6. The number of hydrogen-bond donors (Lipinski definition) is 1. The Kier molecular flexibility index (Phi) is 3.51. The number of nitrogens with one attached hydrogen (secondary N) is 1. The van der Waals surface area contributed by atoms with E-state index in [0.717, 1.165) is 30.2 Å². The van der Waals surface area contributed by atoms with Crippen LogP contribution in [0, 0.1) is 0 Å². The molecule has 0 spiro atoms. The fourth-order valence-electron chi connectivity index (χ4n) is 2.46. The number of hydrogen-bond acceptors (Lipinski definition) is 7. The molecule has 0 aromatic carbocycles. The molecule has 106 valence electrons. The van der Waals surface area contributed by atoms with E-state index in [2.05, 4.69) is 21.5 Å². The van der Waals surface area contributed by atoms with Crippen molar-refractivity contribution in [3.8, 4) is 10.8 Å². The number of fused-ring (bicyclic) bond motifs is 1. The SMILES string of the molecule is c1c(-c2nc(C3COCCN3)no2)sc2c1CSCC2. The third-order valence-electron chi connectivity index (χ3n) is 3.51. The van der Waals surface area contributed by atoms with Crippen molar-refractivity contribution < 1.29 is 9.26 Å². The maximum absolute atomic E-state index is 5.43. The van der Waals surface area contributed by atoms with Crippen LogP contribution in [-0.2, 0) is 16.9 Å². The van der Waals surface area contributed by atoms with E-state index >= 15 is 0 Å². The number of nitrogens with zero attached hydrogens (tertiary/aromatic N) is 2. The molecule has 1 unspecified atom stereocenters. The number of rotatable bonds is 2. The van der Waals surface area contributed by atoms with Crippen molar-refractivity contribution in [1.82, 2.24) is 15.5 Å². The molecule has 1 atom stereocenters. The van der Waals surface area contributed by atoms with Crippen LogP contribution in [0.1, 0.15) is 22.3 Å². The molecule has 2 aromatic heterocycles. The van der Waals surface area contributed by atoms with Gasteiger partial charge in [0, 0.05) is 17.2 Å². The number of thiophene rings is 1. The van der Waals surface area contributed by atoms with Crippen LogP contribution in [-0.4, -0.2) is 35.7 Å². The number of thioether (sulfide) groups is 1. The van der Waals surface area contributed by atoms with Gasteiger partial charge in [0.1, 0.15) is 0 Å². The van der Waals surface area contributed by atoms with Gasteiger partial charge in [-0.2, -0.15) is 16.7 Å². The van der Waals surface area contributed by atoms with E-state index in [1.165, 1.54) is 16.2 Å². The van der Waals surface area contributed by atoms with Crippen LogP contribution in [0.2, 0.25) is 0 Å². The highest BCUT2D eigenvalue weighted by Crippen LogP contribution is 2.36. The van der Waals surface area contributed by atoms with Gasteiger partial charge in [-0.15, -0.1) is 11.3 Å². The fraction of sp³-hybridized carbons (Fsp3) is 0.538. The Morgan fingerprint density at radius 2 is 2.40 bits per heavy atom. The number of ether oxygens (including phenoxy) is 1. The van der Waals surface area contributed by atoms with E-state index in [9.17, 15) is 0 Å². The van der Waals surface area contributed by atoms with Crippen LogP contribution in [0.3, 0.4) is 0 Å². The van der Waals surface area contributed by atoms with E-state index in [-0.39, 0.29) is 6.04 Å². The molecule has 0 aliphatic carbocycles. The number of morpholine rings is 1. The molecule has 4 rings (SSSR count). The molecule has 0 saturated carbocycles. The van der Waals surface area contributed by atoms with Crippen molar-refractivity contribution in [3.05, 3.63) is 22.3 Å². The van der Waals surface area contributed by atoms with Crippen LogP contribution in [0.15, 0.2) is 10.6 Å². The molecule has 0 amide bonds. The minimum Gasteiger partial charge on any atom is -0.378 e. The molecule has 1 fully saturated rings. The lowest BCUT2D eigenvalue weighted by atomic mass is 10.2. The Bertz CT molecular complexity index is 581. The average molecular weight is 309 g/mol. The van der Waals surface area contributed by atoms with Crippen LogP contribution in [0.25, 0.3) is 10.8 Å². The van der Waals surface area contributed by atoms with Crippen molar-refractivity contribution in [1.29, 1.82) is 0 Å². The highest BCUT2D eigenvalue weighted by molar-refractivity contribution is 7.98. The molecule has 5 nitrogen and oxygen atoms in total. The van der Waals surface area contributed by atoms with Gasteiger partial charge < -0.3 is 14.6 Å². The lowest BCUT2D eigenvalue weighted by Crippen LogP contribution is -2.35. The summed E-state index contributed by atoms with van der Waals surface area (Å²) in [6.45, 7) is 2.19. The number of aromatic nitrogens is 2. The molecular formula is C13H15N3O2S2. The van der Waals surface area contributed by atoms with Crippen LogP contribution >= 0.6 is 23.1 Å². The summed E-state index contributed by atoms with van der Waals surface area (Å²) in [6, 6.07) is 2.25. The maximum Gasteiger partial charge on any atom is 0.268 e. The van der Waals surface area contributed by atoms with Gasteiger partial charge in [-0.3, -0.25) is 0 Å². The fourth-order valence-corrected chi connectivity index (χ4v) is 4.75. The van der Waals surface area contributed by atoms with Gasteiger partial charge in [0.25, 0.3) is 5.89 Å². The second kappa shape index (κ2) is 5.48. The normalized spacial score (nSPS) is 22.7. The molecule has 4 heterocycles. The monoisotopic (exact) mass is 309 g/mol. The lowest BCUT2D eigenvalue weighted by Gasteiger charge is -2.20. The summed E-state index contributed by atoms with van der Waals surface area (Å²) in [5.74, 6) is 3.65. The molecular weight excluding hydrogens is 294 g/mol. The smallest absolute Gasteiger partial charge is 0.268 e. The van der Waals surface area contributed by atoms with Gasteiger partial charge in [-0.1, -0.05) is 5.16 Å². The van der Waals surface area contributed by atoms with Gasteiger partial charge in [0.15, 0.2) is 5.82 Å². The standard InChI is InChI=1S/C13H15N3O2S2/c1-4-19-7-8-5-11(20-10(1)8)13-15-12(16-18-13)9-6-17-3-2-14-9/h5,9,14H,1-4,6-7H2. The summed E-state index contributed by atoms with van der Waals surface area (Å²) >= 11 is 3.77. The van der Waals surface area contributed by atoms with Gasteiger partial charge in [-0.25, -0.2) is 0 Å². The van der Waals surface area contributed by atoms with Crippen molar-refractivity contribution in [2.75, 3.05) is 25.5 Å². The topological polar surface area (TPSA) is 60.2 Å². The third-order valence-corrected chi connectivity index (χ3v) is 5.75. The van der Waals surface area contributed by atoms with Gasteiger partial charge in [0.05, 0.1) is 24.1 Å². The molecule has 1 N–H and O–H groups in total. The molecule has 0 radical (unpaired) electrons. The molecule has 2 aliphatic rings. The zero-order chi connectivity index (χ0) is 13.4. The van der Waals surface area contributed by atoms with Crippen LogP contribution < -0.4 is 5.32 Å². The van der Waals surface area contributed by atoms with Crippen molar-refractivity contribution in [3.63, 3.8) is 0 Å². The average Bonchev–Trinajstić information content (AvgIpc) is 3.14. The first kappa shape index (κ1) is 12.8. The largest absolute Gasteiger partial charge is 0.378 e. The first-order valence-electron chi connectivity index (χ1n) is 6.74. The minimum atomic E-state index is 0.0476. The predicted molar refractivity (Wildman–Crippen MR) is 79.0 cm³/mol. The second-order valence-corrected chi connectivity index (χ2v) is 7.14. The van der Waals surface area contributed by atoms with Gasteiger partial charge in [-0.05, 0) is 23.8 Å². The van der Waals surface area contributed by atoms with Gasteiger partial charge in [0.2, 0.25) is 0 Å². The Morgan fingerprint density at radius 3 is 3.25 bits per heavy atom. The van der Waals surface area contributed by atoms with Crippen LogP contribution in [0.5, 0.6) is 0 Å². The van der Waals surface area contributed by atoms with E-state index in [1.807, 2.05) is 11.8 Å². The van der Waals surface area contributed by atoms with Crippen molar-refractivity contribution in [2.24, 2.45) is 0 Å². The Balaban J connectivity index is 1.59. The molecule has 20 heavy (non-hydrogen) atoms. The molecule has 1 saturated heterocycles. The summed E-state index contributed by atoms with van der Waals surface area (Å²) in [5, 5.41) is 7.43. The summed E-state index contributed by atoms with van der Waals surface area (Å²) in [5.41, 5.74) is 1.43. The maximum atomic E-state index is 5.43. The first-order chi connectivity index (χ1) is 9.90. The number of aryl methyl sites for hydroxylation is 1. The molecule has 2 aliphatic heterocycles. The van der Waals surface area contributed by atoms with Crippen LogP contribution in [0.4, 0.5) is 0 Å². The van der Waals surface area contributed by atoms with E-state index < -0.39 is 0 Å². The Hall–Kier alpha value is -0.890. The van der Waals surface area contributed by atoms with E-state index in [4.69, 9.17) is 9.26 Å². The lowest BCUT2D eigenvalue weighted by molar-refractivity contribution is 0.0734. The summed E-state index contributed by atoms with van der Waals surface area (Å²) in [4.78, 5) is 7.09. The Morgan fingerprint density at radius 1 is 1.40 bits per heavy atom. The highest BCUT2D eigenvalue weighted by Gasteiger charge is 2.23. The van der Waals surface area contributed by atoms with Crippen molar-refractivity contribution in [2.45, 2.75) is 18.2 Å². The third kappa shape index (κ3) is 2.39. The first-order valence-corrected chi connectivity index (χ1v) is 8.72. The highest BCUT2D eigenvalue weighted by atomic mass is 32.2. The van der Waals surface area contributed by atoms with E-state index in [1.54, 1.807) is 11.3 Å². The second-order valence-electron chi connectivity index (χ2n) is 4.90. The molecule has 7 heteroatoms. The quantitative estimate of drug-likeness (QED) is 0.918. The summed E-state index contributed by atoms with van der Waals surface area (Å²) in [6.07, 6.45) is 1.16. The Labute approximate surface area is 125 Å². The molecule has 2 aromatic rings. The zero-order valence-electron chi connectivity index (χ0n) is 10.9. The minimum absolute atomic E-state index is 0.0476. The summed E-state index contributed by atoms with van der Waals surface area (Å²) in [7, 11) is 0. The predicted octanol–water partition coefficient (Wildman–Crippen LogP) is 2.25. The van der Waals surface area contributed by atoms with Gasteiger partial charge >= 0.3 is 0 Å². The molecule has 0 bridgehead atoms. The summed E-state index contributed by atoms with van der Waals surface area (Å²) < 4.78 is 10.9. The van der Waals surface area contributed by atoms with E-state index in [0.29, 0.717) is 18.3 Å².